The van der Waals surface area contributed by atoms with Gasteiger partial charge in [0.05, 0.1) is 12.2 Å². The lowest BCUT2D eigenvalue weighted by Crippen LogP contribution is -2.04. The number of aliphatic carboxylic acids is 1. The first-order valence-corrected chi connectivity index (χ1v) is 4.78. The van der Waals surface area contributed by atoms with E-state index in [1.54, 1.807) is 6.92 Å². The van der Waals surface area contributed by atoms with Gasteiger partial charge in [-0.25, -0.2) is 4.39 Å². The van der Waals surface area contributed by atoms with E-state index in [-0.39, 0.29) is 6.42 Å². The molecule has 0 radical (unpaired) electrons. The van der Waals surface area contributed by atoms with Gasteiger partial charge >= 0.3 is 5.97 Å². The number of allylic oxidation sites excluding steroid dienone is 1. The van der Waals surface area contributed by atoms with Gasteiger partial charge in [-0.2, -0.15) is 0 Å². The van der Waals surface area contributed by atoms with E-state index in [1.165, 1.54) is 6.08 Å². The summed E-state index contributed by atoms with van der Waals surface area (Å²) >= 11 is 0. The number of carboxylic acids is 1. The van der Waals surface area contributed by atoms with Crippen molar-refractivity contribution in [1.29, 1.82) is 0 Å². The quantitative estimate of drug-likeness (QED) is 0.421. The molecule has 15 heavy (non-hydrogen) atoms. The Labute approximate surface area is 89.7 Å². The maximum Gasteiger partial charge on any atom is 0.303 e. The molecule has 0 amide bonds. The van der Waals surface area contributed by atoms with E-state index in [0.717, 1.165) is 6.54 Å². The monoisotopic (exact) mass is 218 g/mol. The van der Waals surface area contributed by atoms with Gasteiger partial charge in [0, 0.05) is 13.0 Å². The summed E-state index contributed by atoms with van der Waals surface area (Å²) in [5.41, 5.74) is 5.15. The number of aliphatic imine (C=N–C) groups is 1. The molecule has 0 atom stereocenters. The molecule has 0 fully saturated rings. The van der Waals surface area contributed by atoms with Crippen LogP contribution in [0.25, 0.3) is 0 Å². The predicted octanol–water partition coefficient (Wildman–Crippen LogP) is 2.11. The second kappa shape index (κ2) is 12.6. The second-order valence-corrected chi connectivity index (χ2v) is 2.76. The molecule has 0 bridgehead atoms. The zero-order valence-corrected chi connectivity index (χ0v) is 9.24. The lowest BCUT2D eigenvalue weighted by molar-refractivity contribution is -0.137. The predicted molar refractivity (Wildman–Crippen MR) is 59.6 cm³/mol. The Morgan fingerprint density at radius 2 is 2.20 bits per heavy atom. The third-order valence-electron chi connectivity index (χ3n) is 1.26. The van der Waals surface area contributed by atoms with Crippen LogP contribution < -0.4 is 5.73 Å². The van der Waals surface area contributed by atoms with Crippen LogP contribution in [0.1, 0.15) is 33.1 Å². The van der Waals surface area contributed by atoms with Gasteiger partial charge in [-0.15, -0.1) is 0 Å². The fourth-order valence-electron chi connectivity index (χ4n) is 0.684. The highest BCUT2D eigenvalue weighted by atomic mass is 19.1. The third kappa shape index (κ3) is 24.5. The summed E-state index contributed by atoms with van der Waals surface area (Å²) in [6, 6.07) is 0. The minimum Gasteiger partial charge on any atom is -0.481 e. The van der Waals surface area contributed by atoms with Crippen molar-refractivity contribution in [2.75, 3.05) is 6.54 Å². The second-order valence-electron chi connectivity index (χ2n) is 2.76. The largest absolute Gasteiger partial charge is 0.481 e. The molecule has 0 aliphatic heterocycles. The van der Waals surface area contributed by atoms with Crippen LogP contribution in [0, 0.1) is 0 Å². The number of halogens is 1. The maximum absolute atomic E-state index is 11.2. The third-order valence-corrected chi connectivity index (χ3v) is 1.26. The van der Waals surface area contributed by atoms with Crippen molar-refractivity contribution in [3.05, 3.63) is 12.4 Å². The maximum atomic E-state index is 11.2. The van der Waals surface area contributed by atoms with Crippen LogP contribution in [-0.4, -0.2) is 23.5 Å². The standard InChI is InChI=1S/C6H9FO2.C4H10N2/c7-5-3-1-2-4-6(8)9;1-3-6-4(2)5/h3,5H,1-2,4H2,(H,8,9);3H2,1-2H3,(H2,5,6)/b5-3-;. The van der Waals surface area contributed by atoms with Crippen LogP contribution in [0.15, 0.2) is 17.4 Å². The van der Waals surface area contributed by atoms with E-state index in [2.05, 4.69) is 4.99 Å². The molecule has 0 unspecified atom stereocenters. The molecular formula is C10H19FN2O2. The molecule has 0 saturated carbocycles. The van der Waals surface area contributed by atoms with Crippen molar-refractivity contribution in [1.82, 2.24) is 0 Å². The van der Waals surface area contributed by atoms with E-state index in [9.17, 15) is 9.18 Å². The summed E-state index contributed by atoms with van der Waals surface area (Å²) in [5.74, 6) is -0.167. The molecule has 0 aromatic rings. The number of nitrogens with zero attached hydrogens (tertiary/aromatic N) is 1. The van der Waals surface area contributed by atoms with Crippen molar-refractivity contribution in [3.8, 4) is 0 Å². The number of nitrogens with two attached hydrogens (primary N) is 1. The molecule has 0 heterocycles. The first-order valence-electron chi connectivity index (χ1n) is 4.78. The Balaban J connectivity index is 0. The number of rotatable bonds is 5. The Kier molecular flexibility index (Phi) is 13.5. The molecule has 0 aromatic heterocycles. The van der Waals surface area contributed by atoms with Crippen molar-refractivity contribution in [2.24, 2.45) is 10.7 Å². The van der Waals surface area contributed by atoms with E-state index >= 15 is 0 Å². The SMILES string of the molecule is CCN=C(C)N.O=C(O)CCC/C=C\F. The van der Waals surface area contributed by atoms with Gasteiger partial charge in [-0.05, 0) is 26.7 Å². The van der Waals surface area contributed by atoms with Crippen LogP contribution in [-0.2, 0) is 4.79 Å². The van der Waals surface area contributed by atoms with Gasteiger partial charge < -0.3 is 10.8 Å². The van der Waals surface area contributed by atoms with Crippen LogP contribution >= 0.6 is 0 Å². The van der Waals surface area contributed by atoms with E-state index < -0.39 is 5.97 Å². The number of amidine groups is 1. The molecule has 0 saturated heterocycles. The Morgan fingerprint density at radius 3 is 2.47 bits per heavy atom. The van der Waals surface area contributed by atoms with Gasteiger partial charge in [0.25, 0.3) is 0 Å². The zero-order valence-electron chi connectivity index (χ0n) is 9.24. The molecule has 4 nitrogen and oxygen atoms in total. The van der Waals surface area contributed by atoms with Gasteiger partial charge in [-0.1, -0.05) is 6.08 Å². The van der Waals surface area contributed by atoms with Gasteiger partial charge in [0.1, 0.15) is 0 Å². The Morgan fingerprint density at radius 1 is 1.60 bits per heavy atom. The highest BCUT2D eigenvalue weighted by Gasteiger charge is 1.92. The smallest absolute Gasteiger partial charge is 0.303 e. The lowest BCUT2D eigenvalue weighted by atomic mass is 10.2. The van der Waals surface area contributed by atoms with Crippen molar-refractivity contribution in [2.45, 2.75) is 33.1 Å². The summed E-state index contributed by atoms with van der Waals surface area (Å²) in [6.07, 6.45) is 2.87. The van der Waals surface area contributed by atoms with Crippen LogP contribution in [0.2, 0.25) is 0 Å². The highest BCUT2D eigenvalue weighted by molar-refractivity contribution is 5.77. The van der Waals surface area contributed by atoms with E-state index in [4.69, 9.17) is 10.8 Å². The minimum absolute atomic E-state index is 0.115. The fraction of sp³-hybridized carbons (Fsp3) is 0.600. The number of hydrogen-bond donors (Lipinski definition) is 2. The number of carbonyl (C=O) groups is 1. The molecule has 0 aliphatic carbocycles. The summed E-state index contributed by atoms with van der Waals surface area (Å²) in [5, 5.41) is 8.09. The Hall–Kier alpha value is -1.39. The van der Waals surface area contributed by atoms with E-state index in [1.807, 2.05) is 6.92 Å². The molecule has 5 heteroatoms. The van der Waals surface area contributed by atoms with Crippen molar-refractivity contribution >= 4 is 11.8 Å². The van der Waals surface area contributed by atoms with E-state index in [0.29, 0.717) is 25.0 Å². The molecular weight excluding hydrogens is 199 g/mol. The average molecular weight is 218 g/mol. The molecule has 3 N–H and O–H groups in total. The molecule has 0 aliphatic rings. The number of unbranched alkanes of at least 4 members (excludes halogenated alkanes) is 1. The summed E-state index contributed by atoms with van der Waals surface area (Å²) < 4.78 is 11.2. The minimum atomic E-state index is -0.831. The van der Waals surface area contributed by atoms with Crippen molar-refractivity contribution in [3.63, 3.8) is 0 Å². The molecule has 88 valence electrons. The van der Waals surface area contributed by atoms with Gasteiger partial charge in [0.2, 0.25) is 0 Å². The first kappa shape index (κ1) is 16.1. The van der Waals surface area contributed by atoms with Crippen molar-refractivity contribution < 1.29 is 14.3 Å². The summed E-state index contributed by atoms with van der Waals surface area (Å²) in [6.45, 7) is 4.53. The number of carboxylic acid groups (broad SMARTS) is 1. The van der Waals surface area contributed by atoms with Crippen LogP contribution in [0.5, 0.6) is 0 Å². The van der Waals surface area contributed by atoms with Gasteiger partial charge in [-0.3, -0.25) is 9.79 Å². The zero-order chi connectivity index (χ0) is 12.1. The summed E-state index contributed by atoms with van der Waals surface area (Å²) in [7, 11) is 0. The number of hydrogen-bond acceptors (Lipinski definition) is 2. The van der Waals surface area contributed by atoms with Gasteiger partial charge in [0.15, 0.2) is 0 Å². The fourth-order valence-corrected chi connectivity index (χ4v) is 0.684. The normalized spacial score (nSPS) is 11.0. The topological polar surface area (TPSA) is 75.7 Å². The molecule has 0 rings (SSSR count). The van der Waals surface area contributed by atoms with Crippen LogP contribution in [0.3, 0.4) is 0 Å². The highest BCUT2D eigenvalue weighted by Crippen LogP contribution is 1.95. The lowest BCUT2D eigenvalue weighted by Gasteiger charge is -1.87. The Bertz CT molecular complexity index is 211. The average Bonchev–Trinajstić information content (AvgIpc) is 2.13. The molecule has 0 aromatic carbocycles. The first-order chi connectivity index (χ1) is 7.04. The summed E-state index contributed by atoms with van der Waals surface area (Å²) in [4.78, 5) is 13.7. The van der Waals surface area contributed by atoms with Crippen LogP contribution in [0.4, 0.5) is 4.39 Å². The molecule has 0 spiro atoms.